The number of aryl methyl sites for hydroxylation is 4. The number of halogens is 1. The first-order valence-electron chi connectivity index (χ1n) is 7.51. The largest absolute Gasteiger partial charge is 0.466 e. The Morgan fingerprint density at radius 2 is 1.71 bits per heavy atom. The summed E-state index contributed by atoms with van der Waals surface area (Å²) in [6, 6.07) is 6.42. The average molecular weight is 306 g/mol. The molecule has 1 unspecified atom stereocenters. The molecule has 0 amide bonds. The van der Waals surface area contributed by atoms with Gasteiger partial charge in [0.05, 0.1) is 6.04 Å². The molecule has 0 saturated carbocycles. The third-order valence-corrected chi connectivity index (χ3v) is 4.24. The molecular weight excluding hydrogens is 282 g/mol. The summed E-state index contributed by atoms with van der Waals surface area (Å²) in [4.78, 5) is 0. The van der Waals surface area contributed by atoms with Gasteiger partial charge in [-0.25, -0.2) is 0 Å². The zero-order valence-corrected chi connectivity index (χ0v) is 14.3. The van der Waals surface area contributed by atoms with E-state index < -0.39 is 0 Å². The van der Waals surface area contributed by atoms with E-state index in [4.69, 9.17) is 16.0 Å². The van der Waals surface area contributed by atoms with Gasteiger partial charge in [-0.1, -0.05) is 24.6 Å². The summed E-state index contributed by atoms with van der Waals surface area (Å²) in [7, 11) is 0. The molecule has 2 aromatic rings. The molecule has 0 radical (unpaired) electrons. The van der Waals surface area contributed by atoms with E-state index in [2.05, 4.69) is 44.3 Å². The Labute approximate surface area is 132 Å². The third kappa shape index (κ3) is 3.50. The molecule has 2 rings (SSSR count). The van der Waals surface area contributed by atoms with Crippen molar-refractivity contribution in [1.29, 1.82) is 0 Å². The maximum atomic E-state index is 6.51. The van der Waals surface area contributed by atoms with Crippen molar-refractivity contribution in [2.24, 2.45) is 0 Å². The van der Waals surface area contributed by atoms with Crippen molar-refractivity contribution in [3.05, 3.63) is 57.0 Å². The molecule has 0 aliphatic rings. The van der Waals surface area contributed by atoms with Crippen LogP contribution >= 0.6 is 11.6 Å². The van der Waals surface area contributed by atoms with Crippen LogP contribution in [0.1, 0.15) is 53.2 Å². The molecule has 21 heavy (non-hydrogen) atoms. The summed E-state index contributed by atoms with van der Waals surface area (Å²) in [5.74, 6) is 1.89. The molecule has 0 aliphatic heterocycles. The van der Waals surface area contributed by atoms with Crippen LogP contribution in [-0.4, -0.2) is 6.54 Å². The van der Waals surface area contributed by atoms with Crippen LogP contribution in [0, 0.1) is 27.7 Å². The van der Waals surface area contributed by atoms with Crippen molar-refractivity contribution in [1.82, 2.24) is 5.32 Å². The molecule has 3 heteroatoms. The minimum atomic E-state index is 0.0780. The highest BCUT2D eigenvalue weighted by molar-refractivity contribution is 6.31. The van der Waals surface area contributed by atoms with Gasteiger partial charge in [0.2, 0.25) is 0 Å². The topological polar surface area (TPSA) is 25.2 Å². The molecule has 0 bridgehead atoms. The molecule has 0 aliphatic carbocycles. The Balaban J connectivity index is 2.50. The first-order chi connectivity index (χ1) is 9.93. The lowest BCUT2D eigenvalue weighted by molar-refractivity contribution is 0.493. The highest BCUT2D eigenvalue weighted by atomic mass is 35.5. The van der Waals surface area contributed by atoms with Gasteiger partial charge in [0, 0.05) is 10.6 Å². The second-order valence-electron chi connectivity index (χ2n) is 5.71. The fourth-order valence-electron chi connectivity index (χ4n) is 2.64. The second kappa shape index (κ2) is 6.67. The van der Waals surface area contributed by atoms with Crippen LogP contribution in [0.4, 0.5) is 0 Å². The Morgan fingerprint density at radius 3 is 2.29 bits per heavy atom. The van der Waals surface area contributed by atoms with Crippen LogP contribution in [0.5, 0.6) is 0 Å². The van der Waals surface area contributed by atoms with Gasteiger partial charge < -0.3 is 9.73 Å². The number of furan rings is 1. The van der Waals surface area contributed by atoms with Gasteiger partial charge in [-0.15, -0.1) is 0 Å². The van der Waals surface area contributed by atoms with E-state index in [1.165, 1.54) is 16.7 Å². The summed E-state index contributed by atoms with van der Waals surface area (Å²) < 4.78 is 5.71. The maximum absolute atomic E-state index is 6.51. The van der Waals surface area contributed by atoms with E-state index in [0.717, 1.165) is 35.1 Å². The molecule has 1 aromatic heterocycles. The Kier molecular flexibility index (Phi) is 5.13. The van der Waals surface area contributed by atoms with Gasteiger partial charge in [0.25, 0.3) is 0 Å². The minimum Gasteiger partial charge on any atom is -0.466 e. The molecule has 2 nitrogen and oxygen atoms in total. The molecular formula is C18H24ClNO. The lowest BCUT2D eigenvalue weighted by Gasteiger charge is -2.21. The lowest BCUT2D eigenvalue weighted by atomic mass is 9.95. The van der Waals surface area contributed by atoms with Crippen LogP contribution in [0.2, 0.25) is 5.02 Å². The number of hydrogen-bond donors (Lipinski definition) is 1. The first-order valence-corrected chi connectivity index (χ1v) is 7.88. The Bertz CT molecular complexity index is 630. The van der Waals surface area contributed by atoms with Crippen LogP contribution in [0.15, 0.2) is 22.6 Å². The summed E-state index contributed by atoms with van der Waals surface area (Å²) in [6.07, 6.45) is 1.08. The van der Waals surface area contributed by atoms with Crippen molar-refractivity contribution in [2.75, 3.05) is 6.54 Å². The van der Waals surface area contributed by atoms with E-state index in [-0.39, 0.29) is 6.04 Å². The van der Waals surface area contributed by atoms with Gasteiger partial charge in [0.1, 0.15) is 11.5 Å². The molecule has 1 heterocycles. The van der Waals surface area contributed by atoms with Crippen LogP contribution in [0.3, 0.4) is 0 Å². The molecule has 114 valence electrons. The van der Waals surface area contributed by atoms with E-state index in [1.54, 1.807) is 0 Å². The Morgan fingerprint density at radius 1 is 1.05 bits per heavy atom. The Hall–Kier alpha value is -1.25. The number of hydrogen-bond acceptors (Lipinski definition) is 2. The molecule has 0 spiro atoms. The zero-order valence-electron chi connectivity index (χ0n) is 13.5. The molecule has 0 saturated heterocycles. The van der Waals surface area contributed by atoms with Crippen molar-refractivity contribution >= 4 is 11.6 Å². The van der Waals surface area contributed by atoms with Gasteiger partial charge in [-0.3, -0.25) is 0 Å². The average Bonchev–Trinajstić information content (AvgIpc) is 2.75. The quantitative estimate of drug-likeness (QED) is 0.815. The molecule has 1 N–H and O–H groups in total. The highest BCUT2D eigenvalue weighted by Crippen LogP contribution is 2.33. The normalized spacial score (nSPS) is 12.7. The monoisotopic (exact) mass is 305 g/mol. The highest BCUT2D eigenvalue weighted by Gasteiger charge is 2.21. The summed E-state index contributed by atoms with van der Waals surface area (Å²) in [6.45, 7) is 11.3. The van der Waals surface area contributed by atoms with Crippen molar-refractivity contribution in [3.63, 3.8) is 0 Å². The summed E-state index contributed by atoms with van der Waals surface area (Å²) in [5, 5.41) is 4.41. The third-order valence-electron chi connectivity index (χ3n) is 3.91. The zero-order chi connectivity index (χ0) is 15.6. The van der Waals surface area contributed by atoms with Gasteiger partial charge >= 0.3 is 0 Å². The SMILES string of the molecule is CCCNC(c1cc(C)c(C)cc1Cl)c1cc(C)oc1C. The van der Waals surface area contributed by atoms with Crippen LogP contribution < -0.4 is 5.32 Å². The van der Waals surface area contributed by atoms with Gasteiger partial charge in [-0.05, 0) is 69.5 Å². The minimum absolute atomic E-state index is 0.0780. The standard InChI is InChI=1S/C18H24ClNO/c1-6-7-20-18(15-10-13(4)21-14(15)5)16-8-11(2)12(3)9-17(16)19/h8-10,18,20H,6-7H2,1-5H3. The fourth-order valence-corrected chi connectivity index (χ4v) is 2.97. The van der Waals surface area contributed by atoms with Gasteiger partial charge in [-0.2, -0.15) is 0 Å². The van der Waals surface area contributed by atoms with Crippen LogP contribution in [-0.2, 0) is 0 Å². The first kappa shape index (κ1) is 16.1. The number of nitrogens with one attached hydrogen (secondary N) is 1. The van der Waals surface area contributed by atoms with Crippen molar-refractivity contribution in [2.45, 2.75) is 47.1 Å². The van der Waals surface area contributed by atoms with E-state index in [1.807, 2.05) is 13.8 Å². The van der Waals surface area contributed by atoms with E-state index in [9.17, 15) is 0 Å². The van der Waals surface area contributed by atoms with E-state index >= 15 is 0 Å². The lowest BCUT2D eigenvalue weighted by Crippen LogP contribution is -2.24. The fraction of sp³-hybridized carbons (Fsp3) is 0.444. The number of benzene rings is 1. The predicted molar refractivity (Wildman–Crippen MR) is 89.2 cm³/mol. The summed E-state index contributed by atoms with van der Waals surface area (Å²) >= 11 is 6.51. The van der Waals surface area contributed by atoms with Crippen molar-refractivity contribution < 1.29 is 4.42 Å². The van der Waals surface area contributed by atoms with Gasteiger partial charge in [0.15, 0.2) is 0 Å². The second-order valence-corrected chi connectivity index (χ2v) is 6.12. The predicted octanol–water partition coefficient (Wildman–Crippen LogP) is 5.26. The smallest absolute Gasteiger partial charge is 0.106 e. The molecule has 1 atom stereocenters. The van der Waals surface area contributed by atoms with Crippen LogP contribution in [0.25, 0.3) is 0 Å². The van der Waals surface area contributed by atoms with Crippen molar-refractivity contribution in [3.8, 4) is 0 Å². The number of rotatable bonds is 5. The molecule has 1 aromatic carbocycles. The van der Waals surface area contributed by atoms with E-state index in [0.29, 0.717) is 0 Å². The summed E-state index contributed by atoms with van der Waals surface area (Å²) in [5.41, 5.74) is 4.77. The molecule has 0 fully saturated rings. The maximum Gasteiger partial charge on any atom is 0.106 e.